The Kier molecular flexibility index (Phi) is 4.87. The third-order valence-electron chi connectivity index (χ3n) is 6.32. The van der Waals surface area contributed by atoms with E-state index in [9.17, 15) is 31.4 Å². The van der Waals surface area contributed by atoms with Crippen molar-refractivity contribution >= 4 is 21.6 Å². The van der Waals surface area contributed by atoms with Crippen molar-refractivity contribution in [1.29, 1.82) is 0 Å². The van der Waals surface area contributed by atoms with E-state index in [1.54, 1.807) is 19.9 Å². The summed E-state index contributed by atoms with van der Waals surface area (Å²) in [7, 11) is 0. The first-order valence-corrected chi connectivity index (χ1v) is 10.2. The molecule has 0 amide bonds. The van der Waals surface area contributed by atoms with E-state index in [-0.39, 0.29) is 24.1 Å². The summed E-state index contributed by atoms with van der Waals surface area (Å²) in [6.45, 7) is 3.73. The van der Waals surface area contributed by atoms with Crippen LogP contribution >= 0.6 is 15.9 Å². The summed E-state index contributed by atoms with van der Waals surface area (Å²) in [5, 5.41) is 13.1. The van der Waals surface area contributed by atoms with E-state index >= 15 is 0 Å². The lowest BCUT2D eigenvalue weighted by molar-refractivity contribution is -0.376. The van der Waals surface area contributed by atoms with E-state index in [1.165, 1.54) is 0 Å². The first-order chi connectivity index (χ1) is 14.2. The Balaban J connectivity index is 1.85. The molecule has 2 aromatic carbocycles. The molecule has 2 aromatic rings. The minimum Gasteiger partial charge on any atom is -0.493 e. The Morgan fingerprint density at radius 1 is 1.03 bits per heavy atom. The molecule has 0 aromatic heterocycles. The average Bonchev–Trinajstić information content (AvgIpc) is 2.65. The van der Waals surface area contributed by atoms with E-state index in [0.29, 0.717) is 17.5 Å². The van der Waals surface area contributed by atoms with Gasteiger partial charge in [-0.25, -0.2) is 0 Å². The standard InChI is InChI=1S/C21H18BrF6NO2/c1-18(2)13-7-10(19(30,20(23,24)25)21(26,27)28)3-5-15(13)29-17-12-8-11(22)4-6-16(12)31-9-14(17)18/h3-8,14,17,29-30H,9H2,1-2H3. The molecule has 0 spiro atoms. The molecule has 2 heterocycles. The number of ether oxygens (including phenoxy) is 1. The molecule has 0 fully saturated rings. The van der Waals surface area contributed by atoms with Crippen LogP contribution in [-0.4, -0.2) is 24.1 Å². The molecule has 31 heavy (non-hydrogen) atoms. The van der Waals surface area contributed by atoms with Crippen LogP contribution in [0.25, 0.3) is 0 Å². The van der Waals surface area contributed by atoms with E-state index in [2.05, 4.69) is 21.2 Å². The number of aliphatic hydroxyl groups is 1. The summed E-state index contributed by atoms with van der Waals surface area (Å²) in [6.07, 6.45) is -11.9. The van der Waals surface area contributed by atoms with Crippen molar-refractivity contribution in [3.8, 4) is 5.75 Å². The minimum atomic E-state index is -5.94. The Morgan fingerprint density at radius 2 is 1.68 bits per heavy atom. The number of nitrogens with one attached hydrogen (secondary N) is 1. The molecule has 168 valence electrons. The molecule has 0 saturated heterocycles. The third-order valence-corrected chi connectivity index (χ3v) is 6.81. The Hall–Kier alpha value is -1.94. The number of hydrogen-bond acceptors (Lipinski definition) is 3. The van der Waals surface area contributed by atoms with Crippen molar-refractivity contribution in [2.24, 2.45) is 5.92 Å². The number of halogens is 7. The zero-order valence-corrected chi connectivity index (χ0v) is 17.9. The summed E-state index contributed by atoms with van der Waals surface area (Å²) in [6, 6.07) is 7.89. The van der Waals surface area contributed by atoms with Crippen LogP contribution in [0.3, 0.4) is 0 Å². The SMILES string of the molecule is CC1(C)c2cc(C(O)(C(F)(F)F)C(F)(F)F)ccc2NC2c3cc(Br)ccc3OCC21. The summed E-state index contributed by atoms with van der Waals surface area (Å²) < 4.78 is 86.9. The molecule has 2 unspecified atom stereocenters. The van der Waals surface area contributed by atoms with Gasteiger partial charge in [-0.1, -0.05) is 35.8 Å². The van der Waals surface area contributed by atoms with Gasteiger partial charge >= 0.3 is 12.4 Å². The summed E-state index contributed by atoms with van der Waals surface area (Å²) in [5.41, 5.74) is -5.58. The maximum Gasteiger partial charge on any atom is 0.430 e. The van der Waals surface area contributed by atoms with E-state index in [0.717, 1.165) is 22.2 Å². The van der Waals surface area contributed by atoms with Crippen LogP contribution in [0.4, 0.5) is 32.0 Å². The lowest BCUT2D eigenvalue weighted by atomic mass is 9.65. The van der Waals surface area contributed by atoms with Gasteiger partial charge in [-0.05, 0) is 35.9 Å². The third kappa shape index (κ3) is 3.21. The fraction of sp³-hybridized carbons (Fsp3) is 0.429. The molecule has 0 aliphatic carbocycles. The lowest BCUT2D eigenvalue weighted by Crippen LogP contribution is -2.54. The summed E-state index contributed by atoms with van der Waals surface area (Å²) >= 11 is 3.41. The number of alkyl halides is 6. The number of benzene rings is 2. The highest BCUT2D eigenvalue weighted by Gasteiger charge is 2.71. The quantitative estimate of drug-likeness (QED) is 0.448. The highest BCUT2D eigenvalue weighted by Crippen LogP contribution is 2.55. The van der Waals surface area contributed by atoms with Gasteiger partial charge in [0.05, 0.1) is 12.6 Å². The van der Waals surface area contributed by atoms with Crippen molar-refractivity contribution in [2.75, 3.05) is 11.9 Å². The maximum atomic E-state index is 13.4. The molecule has 10 heteroatoms. The second kappa shape index (κ2) is 6.78. The van der Waals surface area contributed by atoms with Crippen molar-refractivity contribution < 1.29 is 36.2 Å². The lowest BCUT2D eigenvalue weighted by Gasteiger charge is -2.49. The van der Waals surface area contributed by atoms with Crippen LogP contribution in [0.2, 0.25) is 0 Å². The molecule has 2 aliphatic rings. The van der Waals surface area contributed by atoms with Gasteiger partial charge < -0.3 is 15.2 Å². The molecule has 0 saturated carbocycles. The fourth-order valence-electron chi connectivity index (χ4n) is 4.47. The van der Waals surface area contributed by atoms with Crippen molar-refractivity contribution in [1.82, 2.24) is 0 Å². The van der Waals surface area contributed by atoms with E-state index in [4.69, 9.17) is 4.74 Å². The van der Waals surface area contributed by atoms with Gasteiger partial charge in [0.15, 0.2) is 0 Å². The van der Waals surface area contributed by atoms with Crippen LogP contribution in [0.5, 0.6) is 5.75 Å². The number of anilines is 1. The zero-order valence-electron chi connectivity index (χ0n) is 16.3. The van der Waals surface area contributed by atoms with Crippen LogP contribution in [-0.2, 0) is 11.0 Å². The molecule has 0 radical (unpaired) electrons. The first kappa shape index (κ1) is 22.3. The zero-order chi connectivity index (χ0) is 23.0. The van der Waals surface area contributed by atoms with Crippen molar-refractivity contribution in [3.05, 3.63) is 57.6 Å². The van der Waals surface area contributed by atoms with Gasteiger partial charge in [-0.3, -0.25) is 0 Å². The molecule has 4 rings (SSSR count). The Labute approximate surface area is 182 Å². The predicted octanol–water partition coefficient (Wildman–Crippen LogP) is 6.21. The Bertz CT molecular complexity index is 1020. The Morgan fingerprint density at radius 3 is 2.29 bits per heavy atom. The van der Waals surface area contributed by atoms with Gasteiger partial charge in [0, 0.05) is 32.6 Å². The van der Waals surface area contributed by atoms with Crippen molar-refractivity contribution in [2.45, 2.75) is 43.3 Å². The normalized spacial score (nSPS) is 22.5. The number of hydrogen-bond donors (Lipinski definition) is 2. The van der Waals surface area contributed by atoms with Gasteiger partial charge in [0.2, 0.25) is 0 Å². The predicted molar refractivity (Wildman–Crippen MR) is 105 cm³/mol. The molecular formula is C21H18BrF6NO2. The fourth-order valence-corrected chi connectivity index (χ4v) is 4.85. The summed E-state index contributed by atoms with van der Waals surface area (Å²) in [5.74, 6) is 0.387. The number of fused-ring (bicyclic) bond motifs is 4. The highest BCUT2D eigenvalue weighted by molar-refractivity contribution is 9.10. The molecule has 2 aliphatic heterocycles. The molecule has 3 nitrogen and oxygen atoms in total. The molecular weight excluding hydrogens is 492 g/mol. The second-order valence-electron chi connectivity index (χ2n) is 8.41. The average molecular weight is 510 g/mol. The van der Waals surface area contributed by atoms with Gasteiger partial charge in [0.25, 0.3) is 5.60 Å². The van der Waals surface area contributed by atoms with Gasteiger partial charge in [0.1, 0.15) is 5.75 Å². The molecule has 2 N–H and O–H groups in total. The van der Waals surface area contributed by atoms with E-state index in [1.807, 2.05) is 12.1 Å². The number of rotatable bonds is 1. The first-order valence-electron chi connectivity index (χ1n) is 9.37. The van der Waals surface area contributed by atoms with Gasteiger partial charge in [-0.15, -0.1) is 0 Å². The van der Waals surface area contributed by atoms with Gasteiger partial charge in [-0.2, -0.15) is 26.3 Å². The van der Waals surface area contributed by atoms with Crippen LogP contribution in [0, 0.1) is 5.92 Å². The second-order valence-corrected chi connectivity index (χ2v) is 9.33. The van der Waals surface area contributed by atoms with Crippen LogP contribution < -0.4 is 10.1 Å². The summed E-state index contributed by atoms with van der Waals surface area (Å²) in [4.78, 5) is 0. The maximum absolute atomic E-state index is 13.4. The topological polar surface area (TPSA) is 41.5 Å². The smallest absolute Gasteiger partial charge is 0.430 e. The van der Waals surface area contributed by atoms with Crippen LogP contribution in [0.1, 0.15) is 36.6 Å². The largest absolute Gasteiger partial charge is 0.493 e. The molecule has 0 bridgehead atoms. The monoisotopic (exact) mass is 509 g/mol. The molecule has 2 atom stereocenters. The van der Waals surface area contributed by atoms with Crippen molar-refractivity contribution in [3.63, 3.8) is 0 Å². The minimum absolute atomic E-state index is 0.228. The van der Waals surface area contributed by atoms with Crippen LogP contribution in [0.15, 0.2) is 40.9 Å². The highest BCUT2D eigenvalue weighted by atomic mass is 79.9. The van der Waals surface area contributed by atoms with E-state index < -0.39 is 28.9 Å².